The second-order valence-electron chi connectivity index (χ2n) is 8.48. The molecule has 4 rings (SSSR count). The molecule has 0 saturated carbocycles. The molecular weight excluding hydrogens is 432 g/mol. The van der Waals surface area contributed by atoms with Crippen molar-refractivity contribution in [3.8, 4) is 0 Å². The minimum Gasteiger partial charge on any atom is -0.346 e. The molecule has 2 saturated heterocycles. The minimum absolute atomic E-state index is 0.0653. The van der Waals surface area contributed by atoms with Gasteiger partial charge in [-0.05, 0) is 51.2 Å². The maximum Gasteiger partial charge on any atom is 0.244 e. The van der Waals surface area contributed by atoms with Gasteiger partial charge in [0.2, 0.25) is 15.9 Å². The molecule has 1 aromatic carbocycles. The van der Waals surface area contributed by atoms with Gasteiger partial charge in [0.1, 0.15) is 6.04 Å². The van der Waals surface area contributed by atoms with Gasteiger partial charge < -0.3 is 9.80 Å². The number of anilines is 1. The van der Waals surface area contributed by atoms with Crippen molar-refractivity contribution in [3.05, 3.63) is 40.4 Å². The van der Waals surface area contributed by atoms with Crippen LogP contribution in [0.5, 0.6) is 0 Å². The fourth-order valence-electron chi connectivity index (χ4n) is 4.88. The minimum atomic E-state index is -3.74. The molecule has 1 amide bonds. The van der Waals surface area contributed by atoms with Crippen LogP contribution in [0.3, 0.4) is 0 Å². The van der Waals surface area contributed by atoms with Crippen LogP contribution in [-0.2, 0) is 14.8 Å². The number of thiazole rings is 1. The molecule has 3 heterocycles. The Morgan fingerprint density at radius 3 is 2.45 bits per heavy atom. The van der Waals surface area contributed by atoms with E-state index in [2.05, 4.69) is 9.88 Å². The lowest BCUT2D eigenvalue weighted by molar-refractivity contribution is -0.134. The molecule has 31 heavy (non-hydrogen) atoms. The Bertz CT molecular complexity index is 1030. The van der Waals surface area contributed by atoms with Gasteiger partial charge in [-0.1, -0.05) is 17.7 Å². The topological polar surface area (TPSA) is 73.8 Å². The first kappa shape index (κ1) is 22.2. The maximum absolute atomic E-state index is 13.6. The molecule has 168 valence electrons. The van der Waals surface area contributed by atoms with E-state index in [1.165, 1.54) is 4.31 Å². The average Bonchev–Trinajstić information content (AvgIpc) is 3.35. The van der Waals surface area contributed by atoms with Crippen molar-refractivity contribution in [2.75, 3.05) is 37.6 Å². The number of aromatic nitrogens is 1. The van der Waals surface area contributed by atoms with Crippen molar-refractivity contribution in [1.29, 1.82) is 0 Å². The van der Waals surface area contributed by atoms with E-state index in [4.69, 9.17) is 0 Å². The Hall–Kier alpha value is -1.97. The molecule has 2 fully saturated rings. The summed E-state index contributed by atoms with van der Waals surface area (Å²) in [4.78, 5) is 22.2. The largest absolute Gasteiger partial charge is 0.346 e. The molecule has 9 heteroatoms. The number of amides is 1. The fourth-order valence-corrected chi connectivity index (χ4v) is 7.64. The molecule has 2 aliphatic heterocycles. The Morgan fingerprint density at radius 2 is 1.77 bits per heavy atom. The van der Waals surface area contributed by atoms with Gasteiger partial charge in [-0.15, -0.1) is 11.3 Å². The van der Waals surface area contributed by atoms with E-state index in [1.54, 1.807) is 17.5 Å². The van der Waals surface area contributed by atoms with Gasteiger partial charge in [-0.3, -0.25) is 4.79 Å². The van der Waals surface area contributed by atoms with Gasteiger partial charge in [0, 0.05) is 44.3 Å². The van der Waals surface area contributed by atoms with Crippen molar-refractivity contribution in [2.24, 2.45) is 0 Å². The normalized spacial score (nSPS) is 20.8. The Labute approximate surface area is 188 Å². The van der Waals surface area contributed by atoms with E-state index in [-0.39, 0.29) is 5.91 Å². The number of rotatable bonds is 4. The lowest BCUT2D eigenvalue weighted by Gasteiger charge is -2.30. The van der Waals surface area contributed by atoms with Gasteiger partial charge in [0.05, 0.1) is 4.90 Å². The SMILES string of the molecule is Cc1cc(C)c(S(=O)(=O)N2CCCC2C(=O)N2CCCN(c3nccs3)CC2)c(C)c1. The summed E-state index contributed by atoms with van der Waals surface area (Å²) in [5.74, 6) is -0.0653. The summed E-state index contributed by atoms with van der Waals surface area (Å²) in [5, 5.41) is 2.93. The van der Waals surface area contributed by atoms with Crippen LogP contribution in [0.15, 0.2) is 28.6 Å². The zero-order valence-corrected chi connectivity index (χ0v) is 20.0. The monoisotopic (exact) mass is 462 g/mol. The first-order valence-corrected chi connectivity index (χ1v) is 13.1. The summed E-state index contributed by atoms with van der Waals surface area (Å²) in [6.07, 6.45) is 3.93. The molecule has 0 radical (unpaired) electrons. The third kappa shape index (κ3) is 4.36. The number of benzene rings is 1. The lowest BCUT2D eigenvalue weighted by atomic mass is 10.1. The number of hydrogen-bond donors (Lipinski definition) is 0. The first-order chi connectivity index (χ1) is 14.8. The van der Waals surface area contributed by atoms with E-state index in [0.29, 0.717) is 37.4 Å². The molecule has 2 aromatic rings. The van der Waals surface area contributed by atoms with Gasteiger partial charge in [-0.25, -0.2) is 13.4 Å². The van der Waals surface area contributed by atoms with Crippen LogP contribution < -0.4 is 4.90 Å². The molecule has 1 atom stereocenters. The molecule has 7 nitrogen and oxygen atoms in total. The Morgan fingerprint density at radius 1 is 1.03 bits per heavy atom. The quantitative estimate of drug-likeness (QED) is 0.698. The maximum atomic E-state index is 13.6. The average molecular weight is 463 g/mol. The Balaban J connectivity index is 1.54. The van der Waals surface area contributed by atoms with Crippen molar-refractivity contribution in [1.82, 2.24) is 14.2 Å². The van der Waals surface area contributed by atoms with Gasteiger partial charge >= 0.3 is 0 Å². The van der Waals surface area contributed by atoms with Crippen LogP contribution in [0, 0.1) is 20.8 Å². The third-order valence-electron chi connectivity index (χ3n) is 6.16. The fraction of sp³-hybridized carbons (Fsp3) is 0.545. The summed E-state index contributed by atoms with van der Waals surface area (Å²) < 4.78 is 28.6. The predicted molar refractivity (Wildman–Crippen MR) is 123 cm³/mol. The van der Waals surface area contributed by atoms with Crippen molar-refractivity contribution in [2.45, 2.75) is 51.0 Å². The highest BCUT2D eigenvalue weighted by Gasteiger charge is 2.42. The zero-order valence-electron chi connectivity index (χ0n) is 18.4. The van der Waals surface area contributed by atoms with Crippen molar-refractivity contribution in [3.63, 3.8) is 0 Å². The second-order valence-corrected chi connectivity index (χ2v) is 11.2. The van der Waals surface area contributed by atoms with Gasteiger partial charge in [0.25, 0.3) is 0 Å². The highest BCUT2D eigenvalue weighted by Crippen LogP contribution is 2.31. The molecule has 0 bridgehead atoms. The van der Waals surface area contributed by atoms with E-state index >= 15 is 0 Å². The highest BCUT2D eigenvalue weighted by molar-refractivity contribution is 7.89. The molecule has 0 aliphatic carbocycles. The molecular formula is C22H30N4O3S2. The number of carbonyl (C=O) groups is 1. The lowest BCUT2D eigenvalue weighted by Crippen LogP contribution is -2.48. The summed E-state index contributed by atoms with van der Waals surface area (Å²) in [6.45, 7) is 8.83. The Kier molecular flexibility index (Phi) is 6.37. The van der Waals surface area contributed by atoms with Crippen LogP contribution >= 0.6 is 11.3 Å². The summed E-state index contributed by atoms with van der Waals surface area (Å²) in [6, 6.07) is 3.18. The molecule has 2 aliphatic rings. The number of aryl methyl sites for hydroxylation is 3. The number of hydrogen-bond acceptors (Lipinski definition) is 6. The highest BCUT2D eigenvalue weighted by atomic mass is 32.2. The van der Waals surface area contributed by atoms with E-state index in [9.17, 15) is 13.2 Å². The second kappa shape index (κ2) is 8.88. The third-order valence-corrected chi connectivity index (χ3v) is 9.20. The summed E-state index contributed by atoms with van der Waals surface area (Å²) in [7, 11) is -3.74. The van der Waals surface area contributed by atoms with E-state index < -0.39 is 16.1 Å². The zero-order chi connectivity index (χ0) is 22.2. The first-order valence-electron chi connectivity index (χ1n) is 10.8. The van der Waals surface area contributed by atoms with E-state index in [0.717, 1.165) is 41.3 Å². The van der Waals surface area contributed by atoms with Gasteiger partial charge in [0.15, 0.2) is 5.13 Å². The van der Waals surface area contributed by atoms with Crippen molar-refractivity contribution < 1.29 is 13.2 Å². The van der Waals surface area contributed by atoms with Crippen LogP contribution in [0.2, 0.25) is 0 Å². The molecule has 0 N–H and O–H groups in total. The molecule has 1 aromatic heterocycles. The van der Waals surface area contributed by atoms with Crippen LogP contribution in [0.1, 0.15) is 36.0 Å². The summed E-state index contributed by atoms with van der Waals surface area (Å²) in [5.41, 5.74) is 2.52. The molecule has 1 unspecified atom stereocenters. The predicted octanol–water partition coefficient (Wildman–Crippen LogP) is 2.96. The van der Waals surface area contributed by atoms with Gasteiger partial charge in [-0.2, -0.15) is 4.31 Å². The van der Waals surface area contributed by atoms with Crippen LogP contribution in [-0.4, -0.2) is 67.3 Å². The standard InChI is InChI=1S/C22H30N4O3S2/c1-16-14-17(2)20(18(3)15-16)31(28,29)26-10-4-6-19(26)21(27)24-8-5-9-25(12-11-24)22-23-7-13-30-22/h7,13-15,19H,4-6,8-12H2,1-3H3. The number of sulfonamides is 1. The smallest absolute Gasteiger partial charge is 0.244 e. The molecule has 0 spiro atoms. The van der Waals surface area contributed by atoms with E-state index in [1.807, 2.05) is 43.2 Å². The van der Waals surface area contributed by atoms with Crippen LogP contribution in [0.25, 0.3) is 0 Å². The number of nitrogens with zero attached hydrogens (tertiary/aromatic N) is 4. The van der Waals surface area contributed by atoms with Crippen molar-refractivity contribution >= 4 is 32.4 Å². The van der Waals surface area contributed by atoms with Crippen LogP contribution in [0.4, 0.5) is 5.13 Å². The number of carbonyl (C=O) groups excluding carboxylic acids is 1. The summed E-state index contributed by atoms with van der Waals surface area (Å²) >= 11 is 1.60.